The average molecular weight is 322 g/mol. The molecule has 0 aliphatic rings. The third-order valence-corrected chi connectivity index (χ3v) is 3.67. The largest absolute Gasteiger partial charge is 0.354 e. The second kappa shape index (κ2) is 6.95. The van der Waals surface area contributed by atoms with Crippen molar-refractivity contribution in [1.29, 1.82) is 0 Å². The monoisotopic (exact) mass is 322 g/mol. The Morgan fingerprint density at radius 1 is 1.17 bits per heavy atom. The maximum absolute atomic E-state index is 12.3. The maximum atomic E-state index is 12.3. The summed E-state index contributed by atoms with van der Waals surface area (Å²) < 4.78 is 5.37. The molecule has 0 fully saturated rings. The van der Waals surface area contributed by atoms with E-state index in [0.29, 0.717) is 17.1 Å². The molecule has 0 bridgehead atoms. The van der Waals surface area contributed by atoms with Gasteiger partial charge in [0.25, 0.3) is 0 Å². The van der Waals surface area contributed by atoms with Crippen LogP contribution in [0.25, 0.3) is 11.3 Å². The predicted molar refractivity (Wildman–Crippen MR) is 91.5 cm³/mol. The molecule has 3 rings (SSSR count). The molecular weight excluding hydrogens is 304 g/mol. The number of rotatable bonds is 4. The molecule has 122 valence electrons. The number of carbonyl (C=O) groups is 1. The molecule has 2 heterocycles. The molecule has 0 saturated carbocycles. The van der Waals surface area contributed by atoms with E-state index in [9.17, 15) is 4.79 Å². The highest BCUT2D eigenvalue weighted by atomic mass is 16.5. The van der Waals surface area contributed by atoms with E-state index in [2.05, 4.69) is 20.8 Å². The molecule has 3 aromatic rings. The Morgan fingerprint density at radius 3 is 2.67 bits per heavy atom. The molecule has 0 aliphatic carbocycles. The number of hydrogen-bond donors (Lipinski definition) is 2. The minimum atomic E-state index is -0.324. The van der Waals surface area contributed by atoms with E-state index in [4.69, 9.17) is 4.52 Å². The molecule has 6 heteroatoms. The minimum Gasteiger partial charge on any atom is -0.354 e. The lowest BCUT2D eigenvalue weighted by Gasteiger charge is -2.14. The number of pyridine rings is 1. The molecule has 2 amide bonds. The van der Waals surface area contributed by atoms with E-state index in [1.54, 1.807) is 19.3 Å². The number of aromatic nitrogens is 2. The number of hydrogen-bond acceptors (Lipinski definition) is 4. The molecule has 2 aromatic heterocycles. The van der Waals surface area contributed by atoms with E-state index in [-0.39, 0.29) is 12.1 Å². The summed E-state index contributed by atoms with van der Waals surface area (Å²) in [5.41, 5.74) is 2.97. The van der Waals surface area contributed by atoms with E-state index < -0.39 is 0 Å². The molecule has 0 saturated heterocycles. The van der Waals surface area contributed by atoms with Crippen LogP contribution in [-0.4, -0.2) is 16.2 Å². The van der Waals surface area contributed by atoms with Crippen LogP contribution in [0.3, 0.4) is 0 Å². The quantitative estimate of drug-likeness (QED) is 0.762. The number of nitrogens with zero attached hydrogens (tertiary/aromatic N) is 2. The van der Waals surface area contributed by atoms with Gasteiger partial charge in [-0.15, -0.1) is 0 Å². The Hall–Kier alpha value is -3.15. The van der Waals surface area contributed by atoms with Gasteiger partial charge in [-0.2, -0.15) is 0 Å². The first-order valence-electron chi connectivity index (χ1n) is 7.64. The fourth-order valence-electron chi connectivity index (χ4n) is 2.37. The van der Waals surface area contributed by atoms with E-state index >= 15 is 0 Å². The number of benzene rings is 1. The van der Waals surface area contributed by atoms with Gasteiger partial charge in [-0.1, -0.05) is 41.6 Å². The normalized spacial score (nSPS) is 11.8. The second-order valence-electron chi connectivity index (χ2n) is 5.44. The number of amides is 2. The zero-order valence-corrected chi connectivity index (χ0v) is 13.5. The van der Waals surface area contributed by atoms with Crippen molar-refractivity contribution >= 4 is 11.7 Å². The summed E-state index contributed by atoms with van der Waals surface area (Å²) in [5, 5.41) is 9.67. The van der Waals surface area contributed by atoms with E-state index in [0.717, 1.165) is 11.1 Å². The fraction of sp³-hybridized carbons (Fsp3) is 0.167. The molecule has 1 atom stereocenters. The van der Waals surface area contributed by atoms with Gasteiger partial charge in [-0.25, -0.2) is 4.79 Å². The van der Waals surface area contributed by atoms with Crippen LogP contribution in [0.5, 0.6) is 0 Å². The van der Waals surface area contributed by atoms with Gasteiger partial charge in [0.1, 0.15) is 11.4 Å². The molecule has 24 heavy (non-hydrogen) atoms. The van der Waals surface area contributed by atoms with Crippen LogP contribution in [0.4, 0.5) is 10.5 Å². The van der Waals surface area contributed by atoms with Gasteiger partial charge in [-0.3, -0.25) is 4.98 Å². The number of nitrogens with one attached hydrogen (secondary N) is 2. The molecule has 2 N–H and O–H groups in total. The van der Waals surface area contributed by atoms with Gasteiger partial charge in [-0.05, 0) is 25.5 Å². The average Bonchev–Trinajstić information content (AvgIpc) is 2.97. The van der Waals surface area contributed by atoms with Crippen molar-refractivity contribution in [3.8, 4) is 11.3 Å². The lowest BCUT2D eigenvalue weighted by atomic mass is 10.1. The van der Waals surface area contributed by atoms with Crippen LogP contribution in [0.15, 0.2) is 59.4 Å². The van der Waals surface area contributed by atoms with Crippen LogP contribution in [-0.2, 0) is 0 Å². The number of carbonyl (C=O) groups excluding carboxylic acids is 1. The SMILES string of the molecule is Cc1noc(-c2ccccc2)c1NC(=O)N[C@H](C)c1cccnc1. The van der Waals surface area contributed by atoms with Crippen LogP contribution in [0.1, 0.15) is 24.2 Å². The van der Waals surface area contributed by atoms with Crippen molar-refractivity contribution < 1.29 is 9.32 Å². The van der Waals surface area contributed by atoms with Gasteiger partial charge < -0.3 is 15.2 Å². The third-order valence-electron chi connectivity index (χ3n) is 3.67. The molecule has 0 unspecified atom stereocenters. The Labute approximate surface area is 139 Å². The lowest BCUT2D eigenvalue weighted by molar-refractivity contribution is 0.249. The highest BCUT2D eigenvalue weighted by molar-refractivity contribution is 5.94. The van der Waals surface area contributed by atoms with Crippen molar-refractivity contribution in [2.45, 2.75) is 19.9 Å². The standard InChI is InChI=1S/C18H18N4O2/c1-12(15-9-6-10-19-11-15)20-18(23)21-16-13(2)22-24-17(16)14-7-4-3-5-8-14/h3-12H,1-2H3,(H2,20,21,23)/t12-/m1/s1. The Morgan fingerprint density at radius 2 is 1.96 bits per heavy atom. The summed E-state index contributed by atoms with van der Waals surface area (Å²) in [6.45, 7) is 3.69. The number of anilines is 1. The van der Waals surface area contributed by atoms with Crippen molar-refractivity contribution in [2.75, 3.05) is 5.32 Å². The molecule has 0 radical (unpaired) electrons. The predicted octanol–water partition coefficient (Wildman–Crippen LogP) is 3.93. The first-order chi connectivity index (χ1) is 11.6. The van der Waals surface area contributed by atoms with Gasteiger partial charge in [0, 0.05) is 18.0 Å². The topological polar surface area (TPSA) is 80.0 Å². The van der Waals surface area contributed by atoms with Gasteiger partial charge in [0.05, 0.1) is 6.04 Å². The highest BCUT2D eigenvalue weighted by Gasteiger charge is 2.18. The van der Waals surface area contributed by atoms with Crippen molar-refractivity contribution in [3.63, 3.8) is 0 Å². The number of aryl methyl sites for hydroxylation is 1. The summed E-state index contributed by atoms with van der Waals surface area (Å²) >= 11 is 0. The van der Waals surface area contributed by atoms with Gasteiger partial charge in [0.15, 0.2) is 5.76 Å². The van der Waals surface area contributed by atoms with Gasteiger partial charge in [0.2, 0.25) is 0 Å². The van der Waals surface area contributed by atoms with Crippen LogP contribution >= 0.6 is 0 Å². The van der Waals surface area contributed by atoms with Crippen molar-refractivity contribution in [3.05, 3.63) is 66.1 Å². The van der Waals surface area contributed by atoms with E-state index in [1.165, 1.54) is 0 Å². The summed E-state index contributed by atoms with van der Waals surface area (Å²) in [6.07, 6.45) is 3.42. The Bertz CT molecular complexity index is 816. The molecule has 0 spiro atoms. The summed E-state index contributed by atoms with van der Waals surface area (Å²) in [6, 6.07) is 12.8. The zero-order chi connectivity index (χ0) is 16.9. The molecular formula is C18H18N4O2. The van der Waals surface area contributed by atoms with Gasteiger partial charge >= 0.3 is 6.03 Å². The molecule has 0 aliphatic heterocycles. The summed E-state index contributed by atoms with van der Waals surface area (Å²) in [7, 11) is 0. The first-order valence-corrected chi connectivity index (χ1v) is 7.64. The second-order valence-corrected chi connectivity index (χ2v) is 5.44. The summed E-state index contributed by atoms with van der Waals surface area (Å²) in [5.74, 6) is 0.539. The van der Waals surface area contributed by atoms with E-state index in [1.807, 2.05) is 49.4 Å². The third kappa shape index (κ3) is 3.43. The van der Waals surface area contributed by atoms with Crippen LogP contribution in [0.2, 0.25) is 0 Å². The smallest absolute Gasteiger partial charge is 0.319 e. The molecule has 1 aromatic carbocycles. The Kier molecular flexibility index (Phi) is 4.56. The Balaban J connectivity index is 1.74. The fourth-order valence-corrected chi connectivity index (χ4v) is 2.37. The van der Waals surface area contributed by atoms with Crippen LogP contribution in [0, 0.1) is 6.92 Å². The zero-order valence-electron chi connectivity index (χ0n) is 13.5. The maximum Gasteiger partial charge on any atom is 0.319 e. The minimum absolute atomic E-state index is 0.168. The number of urea groups is 1. The summed E-state index contributed by atoms with van der Waals surface area (Å²) in [4.78, 5) is 16.4. The van der Waals surface area contributed by atoms with Crippen molar-refractivity contribution in [2.24, 2.45) is 0 Å². The first kappa shape index (κ1) is 15.7. The van der Waals surface area contributed by atoms with Crippen LogP contribution < -0.4 is 10.6 Å². The van der Waals surface area contributed by atoms with Crippen molar-refractivity contribution in [1.82, 2.24) is 15.5 Å². The molecule has 6 nitrogen and oxygen atoms in total. The highest BCUT2D eigenvalue weighted by Crippen LogP contribution is 2.30. The lowest BCUT2D eigenvalue weighted by Crippen LogP contribution is -2.31.